The zero-order valence-corrected chi connectivity index (χ0v) is 11.6. The van der Waals surface area contributed by atoms with Crippen LogP contribution >= 0.6 is 11.6 Å². The highest BCUT2D eigenvalue weighted by molar-refractivity contribution is 7.95. The van der Waals surface area contributed by atoms with Gasteiger partial charge < -0.3 is 0 Å². The Bertz CT molecular complexity index is 729. The van der Waals surface area contributed by atoms with Gasteiger partial charge in [0, 0.05) is 11.0 Å². The Kier molecular flexibility index (Phi) is 3.66. The summed E-state index contributed by atoms with van der Waals surface area (Å²) in [5, 5.41) is 10.7. The van der Waals surface area contributed by atoms with Gasteiger partial charge in [-0.2, -0.15) is 0 Å². The van der Waals surface area contributed by atoms with E-state index < -0.39 is 30.5 Å². The molecular formula is C12H9ClFNO4S. The molecule has 8 heteroatoms. The van der Waals surface area contributed by atoms with Gasteiger partial charge in [-0.1, -0.05) is 18.2 Å². The molecule has 0 fully saturated rings. The summed E-state index contributed by atoms with van der Waals surface area (Å²) in [6.45, 7) is 0. The van der Waals surface area contributed by atoms with Crippen LogP contribution in [0.1, 0.15) is 6.42 Å². The molecule has 0 bridgehead atoms. The minimum Gasteiger partial charge on any atom is -0.262 e. The van der Waals surface area contributed by atoms with Crippen molar-refractivity contribution in [2.24, 2.45) is 0 Å². The molecule has 0 radical (unpaired) electrons. The van der Waals surface area contributed by atoms with Gasteiger partial charge in [0.05, 0.1) is 11.3 Å². The maximum absolute atomic E-state index is 13.6. The van der Waals surface area contributed by atoms with Crippen LogP contribution in [0.5, 0.6) is 0 Å². The van der Waals surface area contributed by atoms with Crippen LogP contribution in [0.4, 0.5) is 4.39 Å². The van der Waals surface area contributed by atoms with Crippen LogP contribution in [0.3, 0.4) is 0 Å². The van der Waals surface area contributed by atoms with Crippen molar-refractivity contribution in [3.63, 3.8) is 0 Å². The first-order valence-corrected chi connectivity index (χ1v) is 7.36. The summed E-state index contributed by atoms with van der Waals surface area (Å²) >= 11 is 5.70. The first kappa shape index (κ1) is 14.7. The van der Waals surface area contributed by atoms with E-state index in [0.717, 1.165) is 30.4 Å². The second-order valence-electron chi connectivity index (χ2n) is 4.15. The van der Waals surface area contributed by atoms with Gasteiger partial charge in [-0.05, 0) is 29.8 Å². The van der Waals surface area contributed by atoms with Gasteiger partial charge in [-0.3, -0.25) is 10.1 Å². The fourth-order valence-corrected chi connectivity index (χ4v) is 3.24. The molecule has 0 spiro atoms. The number of alkyl halides is 1. The highest BCUT2D eigenvalue weighted by Gasteiger charge is 2.39. The summed E-state index contributed by atoms with van der Waals surface area (Å²) in [5.74, 6) is -0.876. The van der Waals surface area contributed by atoms with Crippen LogP contribution in [0.25, 0.3) is 0 Å². The largest absolute Gasteiger partial charge is 0.317 e. The molecule has 1 aromatic carbocycles. The average Bonchev–Trinajstić information content (AvgIpc) is 2.39. The zero-order chi connectivity index (χ0) is 15.0. The van der Waals surface area contributed by atoms with E-state index in [-0.39, 0.29) is 11.3 Å². The predicted octanol–water partition coefficient (Wildman–Crippen LogP) is 2.66. The number of hydrogen-bond donors (Lipinski definition) is 0. The number of nitro groups is 1. The summed E-state index contributed by atoms with van der Waals surface area (Å²) < 4.78 is 38.0. The van der Waals surface area contributed by atoms with Crippen LogP contribution < -0.4 is 0 Å². The minimum absolute atomic E-state index is 0.208. The molecule has 20 heavy (non-hydrogen) atoms. The molecule has 0 aliphatic heterocycles. The molecule has 2 rings (SSSR count). The lowest BCUT2D eigenvalue weighted by Gasteiger charge is -2.17. The van der Waals surface area contributed by atoms with Gasteiger partial charge in [0.15, 0.2) is 0 Å². The van der Waals surface area contributed by atoms with Crippen molar-refractivity contribution >= 4 is 21.4 Å². The summed E-state index contributed by atoms with van der Waals surface area (Å²) in [6, 6.07) is 4.93. The molecule has 0 amide bonds. The Morgan fingerprint density at radius 1 is 1.35 bits per heavy atom. The maximum Gasteiger partial charge on any atom is 0.317 e. The Balaban J connectivity index is 2.40. The van der Waals surface area contributed by atoms with Gasteiger partial charge in [-0.25, -0.2) is 12.8 Å². The molecule has 1 aliphatic rings. The summed E-state index contributed by atoms with van der Waals surface area (Å²) in [4.78, 5) is 7.49. The molecule has 0 heterocycles. The normalized spacial score (nSPS) is 22.4. The van der Waals surface area contributed by atoms with Gasteiger partial charge >= 0.3 is 5.00 Å². The summed E-state index contributed by atoms with van der Waals surface area (Å²) in [7, 11) is -4.05. The lowest BCUT2D eigenvalue weighted by Crippen LogP contribution is -2.30. The second-order valence-corrected chi connectivity index (χ2v) is 6.73. The number of halogens is 2. The van der Waals surface area contributed by atoms with Crippen molar-refractivity contribution in [3.05, 3.63) is 63.3 Å². The van der Waals surface area contributed by atoms with Crippen LogP contribution in [0.15, 0.2) is 52.3 Å². The summed E-state index contributed by atoms with van der Waals surface area (Å²) in [6.07, 6.45) is 2.85. The molecule has 0 saturated heterocycles. The van der Waals surface area contributed by atoms with Crippen LogP contribution in [-0.2, 0) is 9.84 Å². The number of sulfone groups is 1. The monoisotopic (exact) mass is 317 g/mol. The van der Waals surface area contributed by atoms with E-state index in [9.17, 15) is 22.9 Å². The molecule has 0 aromatic heterocycles. The molecule has 106 valence electrons. The molecule has 5 nitrogen and oxygen atoms in total. The van der Waals surface area contributed by atoms with E-state index in [4.69, 9.17) is 11.6 Å². The van der Waals surface area contributed by atoms with Gasteiger partial charge in [0.2, 0.25) is 9.84 Å². The fourth-order valence-electron chi connectivity index (χ4n) is 1.71. The van der Waals surface area contributed by atoms with Crippen LogP contribution in [0.2, 0.25) is 0 Å². The predicted molar refractivity (Wildman–Crippen MR) is 71.0 cm³/mol. The van der Waals surface area contributed by atoms with E-state index in [0.29, 0.717) is 0 Å². The lowest BCUT2D eigenvalue weighted by atomic mass is 10.1. The first-order chi connectivity index (χ1) is 9.27. The summed E-state index contributed by atoms with van der Waals surface area (Å²) in [5.41, 5.74) is 0. The van der Waals surface area contributed by atoms with Crippen molar-refractivity contribution in [1.82, 2.24) is 0 Å². The molecule has 1 unspecified atom stereocenters. The van der Waals surface area contributed by atoms with Crippen molar-refractivity contribution in [1.29, 1.82) is 0 Å². The lowest BCUT2D eigenvalue weighted by molar-refractivity contribution is -0.527. The number of rotatable bonds is 3. The molecule has 0 N–H and O–H groups in total. The number of allylic oxidation sites excluding steroid dienone is 1. The molecule has 1 aliphatic carbocycles. The van der Waals surface area contributed by atoms with Crippen molar-refractivity contribution < 1.29 is 17.7 Å². The smallest absolute Gasteiger partial charge is 0.262 e. The van der Waals surface area contributed by atoms with Crippen LogP contribution in [0, 0.1) is 15.9 Å². The van der Waals surface area contributed by atoms with Crippen LogP contribution in [-0.4, -0.2) is 18.3 Å². The van der Waals surface area contributed by atoms with E-state index in [1.165, 1.54) is 12.1 Å². The van der Waals surface area contributed by atoms with E-state index in [1.807, 2.05) is 0 Å². The van der Waals surface area contributed by atoms with Crippen molar-refractivity contribution in [3.8, 4) is 0 Å². The van der Waals surface area contributed by atoms with E-state index >= 15 is 0 Å². The Labute approximate surface area is 119 Å². The fraction of sp³-hybridized carbons (Fsp3) is 0.167. The Hall–Kier alpha value is -1.73. The molecule has 1 atom stereocenters. The highest BCUT2D eigenvalue weighted by Crippen LogP contribution is 2.32. The third-order valence-corrected chi connectivity index (χ3v) is 5.08. The third-order valence-electron chi connectivity index (χ3n) is 2.83. The minimum atomic E-state index is -4.05. The number of benzene rings is 1. The Morgan fingerprint density at radius 3 is 2.50 bits per heavy atom. The highest BCUT2D eigenvalue weighted by atomic mass is 35.5. The van der Waals surface area contributed by atoms with Gasteiger partial charge in [0.25, 0.3) is 0 Å². The average molecular weight is 318 g/mol. The maximum atomic E-state index is 13.6. The standard InChI is InChI=1S/C12H9ClFNO4S/c13-12(15(16)17)7-5-9(6-8-12)20(18,19)11-4-2-1-3-10(11)14/h1-7H,8H2. The molecular weight excluding hydrogens is 309 g/mol. The van der Waals surface area contributed by atoms with Gasteiger partial charge in [-0.15, -0.1) is 0 Å². The van der Waals surface area contributed by atoms with Gasteiger partial charge in [0.1, 0.15) is 10.7 Å². The molecule has 0 saturated carbocycles. The van der Waals surface area contributed by atoms with E-state index in [1.54, 1.807) is 0 Å². The number of hydrogen-bond acceptors (Lipinski definition) is 4. The quantitative estimate of drug-likeness (QED) is 0.371. The SMILES string of the molecule is O=[N+]([O-])C1(Cl)C=CC(S(=O)(=O)c2ccccc2F)=CC1. The number of nitrogens with zero attached hydrogens (tertiary/aromatic N) is 1. The first-order valence-electron chi connectivity index (χ1n) is 5.50. The third kappa shape index (κ3) is 2.46. The Morgan fingerprint density at radius 2 is 2.00 bits per heavy atom. The second kappa shape index (κ2) is 4.99. The topological polar surface area (TPSA) is 77.3 Å². The van der Waals surface area contributed by atoms with Crippen molar-refractivity contribution in [2.45, 2.75) is 16.3 Å². The zero-order valence-electron chi connectivity index (χ0n) is 9.99. The van der Waals surface area contributed by atoms with E-state index in [2.05, 4.69) is 0 Å². The molecule has 1 aromatic rings. The van der Waals surface area contributed by atoms with Crippen molar-refractivity contribution in [2.75, 3.05) is 0 Å².